The Bertz CT molecular complexity index is 687. The van der Waals surface area contributed by atoms with Crippen LogP contribution in [0.4, 0.5) is 0 Å². The molecule has 5 heteroatoms. The van der Waals surface area contributed by atoms with Gasteiger partial charge in [0.05, 0.1) is 12.1 Å². The number of aryl methyl sites for hydroxylation is 2. The van der Waals surface area contributed by atoms with Crippen LogP contribution in [0, 0.1) is 13.8 Å². The van der Waals surface area contributed by atoms with Gasteiger partial charge in [0.1, 0.15) is 18.1 Å². The van der Waals surface area contributed by atoms with Crippen LogP contribution >= 0.6 is 0 Å². The van der Waals surface area contributed by atoms with Crippen LogP contribution in [-0.4, -0.2) is 29.1 Å². The molecule has 0 bridgehead atoms. The van der Waals surface area contributed by atoms with Gasteiger partial charge in [-0.05, 0) is 26.8 Å². The predicted molar refractivity (Wildman–Crippen MR) is 92.9 cm³/mol. The van der Waals surface area contributed by atoms with Crippen LogP contribution in [0.3, 0.4) is 0 Å². The van der Waals surface area contributed by atoms with Crippen molar-refractivity contribution in [3.63, 3.8) is 0 Å². The summed E-state index contributed by atoms with van der Waals surface area (Å²) in [6.07, 6.45) is 2.00. The number of rotatable bonds is 8. The maximum atomic E-state index is 12.7. The Morgan fingerprint density at radius 2 is 2.12 bits per heavy atom. The molecule has 1 amide bonds. The number of hydrogen-bond donors (Lipinski definition) is 0. The monoisotopic (exact) mass is 328 g/mol. The van der Waals surface area contributed by atoms with Gasteiger partial charge in [-0.1, -0.05) is 36.0 Å². The molecule has 0 unspecified atom stereocenters. The SMILES string of the molecule is C=CCOc1ccccc1CN(CC)C(=O)Cc1c(C)noc1C. The van der Waals surface area contributed by atoms with E-state index in [1.165, 1.54) is 0 Å². The van der Waals surface area contributed by atoms with Crippen molar-refractivity contribution in [2.24, 2.45) is 0 Å². The molecule has 128 valence electrons. The minimum absolute atomic E-state index is 0.0467. The highest BCUT2D eigenvalue weighted by Crippen LogP contribution is 2.21. The fourth-order valence-electron chi connectivity index (χ4n) is 2.52. The molecule has 0 fully saturated rings. The first-order valence-electron chi connectivity index (χ1n) is 8.07. The average molecular weight is 328 g/mol. The number of ether oxygens (including phenoxy) is 1. The third-order valence-corrected chi connectivity index (χ3v) is 3.93. The van der Waals surface area contributed by atoms with Gasteiger partial charge < -0.3 is 14.2 Å². The van der Waals surface area contributed by atoms with Crippen LogP contribution < -0.4 is 4.74 Å². The summed E-state index contributed by atoms with van der Waals surface area (Å²) in [7, 11) is 0. The van der Waals surface area contributed by atoms with Crippen LogP contribution in [0.15, 0.2) is 41.4 Å². The summed E-state index contributed by atoms with van der Waals surface area (Å²) in [5.74, 6) is 1.53. The molecule has 24 heavy (non-hydrogen) atoms. The second-order valence-corrected chi connectivity index (χ2v) is 5.59. The van der Waals surface area contributed by atoms with Gasteiger partial charge in [0, 0.05) is 24.2 Å². The first-order valence-corrected chi connectivity index (χ1v) is 8.07. The normalized spacial score (nSPS) is 10.5. The number of nitrogens with zero attached hydrogens (tertiary/aromatic N) is 2. The third kappa shape index (κ3) is 4.25. The van der Waals surface area contributed by atoms with E-state index >= 15 is 0 Å². The molecule has 0 atom stereocenters. The van der Waals surface area contributed by atoms with Crippen LogP contribution in [0.2, 0.25) is 0 Å². The molecule has 0 aliphatic heterocycles. The van der Waals surface area contributed by atoms with Gasteiger partial charge in [0.2, 0.25) is 5.91 Å². The fraction of sp³-hybridized carbons (Fsp3) is 0.368. The van der Waals surface area contributed by atoms with E-state index in [0.29, 0.717) is 31.9 Å². The fourth-order valence-corrected chi connectivity index (χ4v) is 2.52. The van der Waals surface area contributed by atoms with E-state index in [4.69, 9.17) is 9.26 Å². The lowest BCUT2D eigenvalue weighted by Crippen LogP contribution is -2.32. The Labute approximate surface area is 142 Å². The molecule has 0 radical (unpaired) electrons. The van der Waals surface area contributed by atoms with E-state index in [2.05, 4.69) is 11.7 Å². The first kappa shape index (κ1) is 17.8. The van der Waals surface area contributed by atoms with Gasteiger partial charge in [-0.15, -0.1) is 0 Å². The van der Waals surface area contributed by atoms with E-state index in [9.17, 15) is 4.79 Å². The Hall–Kier alpha value is -2.56. The molecule has 1 aromatic carbocycles. The van der Waals surface area contributed by atoms with Gasteiger partial charge in [-0.25, -0.2) is 0 Å². The molecular weight excluding hydrogens is 304 g/mol. The molecule has 0 N–H and O–H groups in total. The number of hydrogen-bond acceptors (Lipinski definition) is 4. The highest BCUT2D eigenvalue weighted by Gasteiger charge is 2.19. The van der Waals surface area contributed by atoms with Crippen molar-refractivity contribution in [3.05, 3.63) is 59.5 Å². The van der Waals surface area contributed by atoms with Crippen LogP contribution in [0.5, 0.6) is 5.75 Å². The maximum absolute atomic E-state index is 12.7. The van der Waals surface area contributed by atoms with Crippen molar-refractivity contribution in [2.75, 3.05) is 13.2 Å². The van der Waals surface area contributed by atoms with Crippen molar-refractivity contribution in [2.45, 2.75) is 33.7 Å². The van der Waals surface area contributed by atoms with E-state index in [1.807, 2.05) is 49.9 Å². The largest absolute Gasteiger partial charge is 0.489 e. The summed E-state index contributed by atoms with van der Waals surface area (Å²) < 4.78 is 10.8. The Morgan fingerprint density at radius 1 is 1.38 bits per heavy atom. The average Bonchev–Trinajstić information content (AvgIpc) is 2.90. The predicted octanol–water partition coefficient (Wildman–Crippen LogP) is 3.45. The zero-order valence-corrected chi connectivity index (χ0v) is 14.5. The van der Waals surface area contributed by atoms with Gasteiger partial charge >= 0.3 is 0 Å². The number of carbonyl (C=O) groups excluding carboxylic acids is 1. The lowest BCUT2D eigenvalue weighted by Gasteiger charge is -2.22. The molecule has 0 aliphatic carbocycles. The molecule has 0 aliphatic rings. The van der Waals surface area contributed by atoms with Gasteiger partial charge in [0.15, 0.2) is 0 Å². The number of aromatic nitrogens is 1. The highest BCUT2D eigenvalue weighted by atomic mass is 16.5. The minimum Gasteiger partial charge on any atom is -0.489 e. The molecule has 1 aromatic heterocycles. The van der Waals surface area contributed by atoms with Crippen LogP contribution in [0.25, 0.3) is 0 Å². The summed E-state index contributed by atoms with van der Waals surface area (Å²) in [6, 6.07) is 7.75. The van der Waals surface area contributed by atoms with E-state index in [0.717, 1.165) is 22.6 Å². The second-order valence-electron chi connectivity index (χ2n) is 5.59. The highest BCUT2D eigenvalue weighted by molar-refractivity contribution is 5.79. The quantitative estimate of drug-likeness (QED) is 0.697. The number of benzene rings is 1. The van der Waals surface area contributed by atoms with Gasteiger partial charge in [0.25, 0.3) is 0 Å². The van der Waals surface area contributed by atoms with Crippen LogP contribution in [-0.2, 0) is 17.8 Å². The van der Waals surface area contributed by atoms with Crippen molar-refractivity contribution in [1.82, 2.24) is 10.1 Å². The lowest BCUT2D eigenvalue weighted by molar-refractivity contribution is -0.130. The number of amides is 1. The smallest absolute Gasteiger partial charge is 0.227 e. The molecule has 0 spiro atoms. The van der Waals surface area contributed by atoms with E-state index < -0.39 is 0 Å². The molecule has 0 saturated heterocycles. The van der Waals surface area contributed by atoms with Crippen LogP contribution in [0.1, 0.15) is 29.5 Å². The topological polar surface area (TPSA) is 55.6 Å². The number of likely N-dealkylation sites (N-methyl/N-ethyl adjacent to an activating group) is 1. The Kier molecular flexibility index (Phi) is 6.18. The molecule has 0 saturated carbocycles. The third-order valence-electron chi connectivity index (χ3n) is 3.93. The maximum Gasteiger partial charge on any atom is 0.227 e. The summed E-state index contributed by atoms with van der Waals surface area (Å²) in [5.41, 5.74) is 2.62. The van der Waals surface area contributed by atoms with E-state index in [1.54, 1.807) is 6.08 Å². The van der Waals surface area contributed by atoms with Gasteiger partial charge in [-0.2, -0.15) is 0 Å². The standard InChI is InChI=1S/C19H24N2O3/c1-5-11-23-18-10-8-7-9-16(18)13-21(6-2)19(22)12-17-14(3)20-24-15(17)4/h5,7-10H,1,6,11-13H2,2-4H3. The molecule has 5 nitrogen and oxygen atoms in total. The molecular formula is C19H24N2O3. The second kappa shape index (κ2) is 8.34. The Morgan fingerprint density at radius 3 is 2.75 bits per heavy atom. The lowest BCUT2D eigenvalue weighted by atomic mass is 10.1. The Balaban J connectivity index is 2.12. The van der Waals surface area contributed by atoms with Crippen molar-refractivity contribution in [3.8, 4) is 5.75 Å². The molecule has 2 rings (SSSR count). The van der Waals surface area contributed by atoms with Crippen molar-refractivity contribution in [1.29, 1.82) is 0 Å². The summed E-state index contributed by atoms with van der Waals surface area (Å²) in [6.45, 7) is 10.9. The summed E-state index contributed by atoms with van der Waals surface area (Å²) >= 11 is 0. The summed E-state index contributed by atoms with van der Waals surface area (Å²) in [4.78, 5) is 14.5. The van der Waals surface area contributed by atoms with Gasteiger partial charge in [-0.3, -0.25) is 4.79 Å². The van der Waals surface area contributed by atoms with E-state index in [-0.39, 0.29) is 5.91 Å². The number of carbonyl (C=O) groups is 1. The number of para-hydroxylation sites is 1. The zero-order chi connectivity index (χ0) is 17.5. The zero-order valence-electron chi connectivity index (χ0n) is 14.5. The molecule has 2 aromatic rings. The minimum atomic E-state index is 0.0467. The van der Waals surface area contributed by atoms with Crippen molar-refractivity contribution < 1.29 is 14.1 Å². The summed E-state index contributed by atoms with van der Waals surface area (Å²) in [5, 5.41) is 3.91. The molecule has 1 heterocycles. The first-order chi connectivity index (χ1) is 11.6. The van der Waals surface area contributed by atoms with Crippen molar-refractivity contribution >= 4 is 5.91 Å².